The number of carbonyl (C=O) groups excluding carboxylic acids is 1. The molecular weight excluding hydrogens is 317 g/mol. The van der Waals surface area contributed by atoms with Crippen LogP contribution in [0.1, 0.15) is 23.6 Å². The van der Waals surface area contributed by atoms with E-state index in [1.54, 1.807) is 0 Å². The highest BCUT2D eigenvalue weighted by atomic mass is 127. The maximum atomic E-state index is 11.3. The molecule has 0 saturated heterocycles. The van der Waals surface area contributed by atoms with Crippen molar-refractivity contribution in [2.75, 3.05) is 7.11 Å². The van der Waals surface area contributed by atoms with E-state index in [4.69, 9.17) is 0 Å². The van der Waals surface area contributed by atoms with Gasteiger partial charge in [-0.05, 0) is 24.0 Å². The summed E-state index contributed by atoms with van der Waals surface area (Å²) in [4.78, 5) is 11.3. The topological polar surface area (TPSA) is 38.3 Å². The maximum Gasteiger partial charge on any atom is 0.407 e. The third-order valence-electron chi connectivity index (χ3n) is 2.90. The number of hydrogen-bond donors (Lipinski definition) is 1. The highest BCUT2D eigenvalue weighted by Gasteiger charge is 2.28. The fourth-order valence-corrected chi connectivity index (χ4v) is 2.95. The van der Waals surface area contributed by atoms with Crippen LogP contribution in [0.4, 0.5) is 4.79 Å². The van der Waals surface area contributed by atoms with Crippen molar-refractivity contribution in [3.05, 3.63) is 35.4 Å². The molecule has 0 saturated carbocycles. The molecule has 0 radical (unpaired) electrons. The SMILES string of the molecule is COC(=O)N[C@@H]1c2ccccc2CC[C@H]1I. The molecule has 86 valence electrons. The lowest BCUT2D eigenvalue weighted by Gasteiger charge is -2.30. The average molecular weight is 331 g/mol. The molecule has 3 nitrogen and oxygen atoms in total. The number of aryl methyl sites for hydroxylation is 1. The number of carbonyl (C=O) groups is 1. The van der Waals surface area contributed by atoms with Crippen LogP contribution in [-0.4, -0.2) is 17.1 Å². The average Bonchev–Trinajstić information content (AvgIpc) is 2.32. The zero-order valence-electron chi connectivity index (χ0n) is 9.07. The van der Waals surface area contributed by atoms with Crippen LogP contribution in [0, 0.1) is 0 Å². The first-order chi connectivity index (χ1) is 7.72. The van der Waals surface area contributed by atoms with Crippen molar-refractivity contribution in [1.82, 2.24) is 5.32 Å². The number of fused-ring (bicyclic) bond motifs is 1. The molecule has 0 fully saturated rings. The van der Waals surface area contributed by atoms with E-state index in [9.17, 15) is 4.79 Å². The molecule has 1 aliphatic rings. The van der Waals surface area contributed by atoms with Gasteiger partial charge in [0.15, 0.2) is 0 Å². The van der Waals surface area contributed by atoms with Gasteiger partial charge < -0.3 is 10.1 Å². The minimum atomic E-state index is -0.358. The second-order valence-electron chi connectivity index (χ2n) is 3.87. The molecule has 2 rings (SSSR count). The van der Waals surface area contributed by atoms with Crippen molar-refractivity contribution < 1.29 is 9.53 Å². The van der Waals surface area contributed by atoms with E-state index < -0.39 is 0 Å². The first-order valence-electron chi connectivity index (χ1n) is 5.28. The van der Waals surface area contributed by atoms with Gasteiger partial charge >= 0.3 is 6.09 Å². The third kappa shape index (κ3) is 2.31. The predicted molar refractivity (Wildman–Crippen MR) is 70.9 cm³/mol. The Morgan fingerprint density at radius 3 is 3.00 bits per heavy atom. The zero-order chi connectivity index (χ0) is 11.5. The Morgan fingerprint density at radius 2 is 2.25 bits per heavy atom. The smallest absolute Gasteiger partial charge is 0.407 e. The third-order valence-corrected chi connectivity index (χ3v) is 4.24. The van der Waals surface area contributed by atoms with Crippen LogP contribution in [0.5, 0.6) is 0 Å². The summed E-state index contributed by atoms with van der Waals surface area (Å²) in [5, 5.41) is 2.91. The van der Waals surface area contributed by atoms with Gasteiger partial charge in [0.25, 0.3) is 0 Å². The number of alkyl halides is 1. The van der Waals surface area contributed by atoms with Crippen molar-refractivity contribution in [2.45, 2.75) is 22.8 Å². The largest absolute Gasteiger partial charge is 0.453 e. The number of halogens is 1. The summed E-state index contributed by atoms with van der Waals surface area (Å²) >= 11 is 2.40. The monoisotopic (exact) mass is 331 g/mol. The van der Waals surface area contributed by atoms with Gasteiger partial charge in [0.05, 0.1) is 13.2 Å². The van der Waals surface area contributed by atoms with Crippen LogP contribution in [0.3, 0.4) is 0 Å². The highest BCUT2D eigenvalue weighted by Crippen LogP contribution is 2.34. The van der Waals surface area contributed by atoms with Gasteiger partial charge in [-0.15, -0.1) is 0 Å². The van der Waals surface area contributed by atoms with Crippen LogP contribution in [0.25, 0.3) is 0 Å². The highest BCUT2D eigenvalue weighted by molar-refractivity contribution is 14.1. The molecule has 0 heterocycles. The molecule has 0 aromatic heterocycles. The Bertz CT molecular complexity index is 394. The Kier molecular flexibility index (Phi) is 3.68. The second kappa shape index (κ2) is 5.03. The molecule has 4 heteroatoms. The molecule has 0 aliphatic heterocycles. The van der Waals surface area contributed by atoms with Gasteiger partial charge in [0.2, 0.25) is 0 Å². The van der Waals surface area contributed by atoms with Gasteiger partial charge in [0.1, 0.15) is 0 Å². The van der Waals surface area contributed by atoms with Crippen LogP contribution < -0.4 is 5.32 Å². The summed E-state index contributed by atoms with van der Waals surface area (Å²) in [5.41, 5.74) is 2.55. The minimum Gasteiger partial charge on any atom is -0.453 e. The lowest BCUT2D eigenvalue weighted by Crippen LogP contribution is -2.36. The summed E-state index contributed by atoms with van der Waals surface area (Å²) in [6.07, 6.45) is 1.82. The Hall–Kier alpha value is -0.780. The summed E-state index contributed by atoms with van der Waals surface area (Å²) in [6, 6.07) is 8.34. The summed E-state index contributed by atoms with van der Waals surface area (Å²) in [5.74, 6) is 0. The number of rotatable bonds is 1. The molecule has 0 bridgehead atoms. The van der Waals surface area contributed by atoms with Gasteiger partial charge in [-0.2, -0.15) is 0 Å². The number of benzene rings is 1. The van der Waals surface area contributed by atoms with E-state index in [1.165, 1.54) is 18.2 Å². The summed E-state index contributed by atoms with van der Waals surface area (Å²) in [6.45, 7) is 0. The van der Waals surface area contributed by atoms with E-state index in [0.29, 0.717) is 3.92 Å². The maximum absolute atomic E-state index is 11.3. The van der Waals surface area contributed by atoms with Gasteiger partial charge in [0, 0.05) is 3.92 Å². The van der Waals surface area contributed by atoms with Crippen LogP contribution in [0.2, 0.25) is 0 Å². The molecule has 16 heavy (non-hydrogen) atoms. The van der Waals surface area contributed by atoms with Crippen molar-refractivity contribution in [3.8, 4) is 0 Å². The second-order valence-corrected chi connectivity index (χ2v) is 5.47. The molecule has 1 aromatic rings. The van der Waals surface area contributed by atoms with Crippen LogP contribution in [-0.2, 0) is 11.2 Å². The fourth-order valence-electron chi connectivity index (χ4n) is 2.07. The molecule has 2 atom stereocenters. The normalized spacial score (nSPS) is 23.4. The van der Waals surface area contributed by atoms with Gasteiger partial charge in [-0.25, -0.2) is 4.79 Å². The molecule has 1 aromatic carbocycles. The number of alkyl carbamates (subject to hydrolysis) is 1. The lowest BCUT2D eigenvalue weighted by atomic mass is 9.88. The van der Waals surface area contributed by atoms with Gasteiger partial charge in [-0.3, -0.25) is 0 Å². The van der Waals surface area contributed by atoms with E-state index in [-0.39, 0.29) is 12.1 Å². The van der Waals surface area contributed by atoms with Crippen LogP contribution >= 0.6 is 22.6 Å². The van der Waals surface area contributed by atoms with E-state index in [1.807, 2.05) is 12.1 Å². The lowest BCUT2D eigenvalue weighted by molar-refractivity contribution is 0.166. The minimum absolute atomic E-state index is 0.0676. The molecular formula is C12H14INO2. The van der Waals surface area contributed by atoms with Gasteiger partial charge in [-0.1, -0.05) is 46.9 Å². The van der Waals surface area contributed by atoms with E-state index in [2.05, 4.69) is 44.8 Å². The molecule has 1 aliphatic carbocycles. The Labute approximate surface area is 109 Å². The standard InChI is InChI=1S/C12H14INO2/c1-16-12(15)14-11-9-5-3-2-4-8(9)6-7-10(11)13/h2-5,10-11H,6-7H2,1H3,(H,14,15)/t10-,11-/m1/s1. The van der Waals surface area contributed by atoms with Crippen molar-refractivity contribution in [3.63, 3.8) is 0 Å². The Morgan fingerprint density at radius 1 is 1.50 bits per heavy atom. The molecule has 0 spiro atoms. The predicted octanol–water partition coefficient (Wildman–Crippen LogP) is 2.83. The first-order valence-corrected chi connectivity index (χ1v) is 6.53. The van der Waals surface area contributed by atoms with Crippen molar-refractivity contribution in [1.29, 1.82) is 0 Å². The Balaban J connectivity index is 2.26. The summed E-state index contributed by atoms with van der Waals surface area (Å²) < 4.78 is 5.09. The number of nitrogens with one attached hydrogen (secondary N) is 1. The van der Waals surface area contributed by atoms with Crippen molar-refractivity contribution in [2.24, 2.45) is 0 Å². The van der Waals surface area contributed by atoms with Crippen molar-refractivity contribution >= 4 is 28.7 Å². The number of ether oxygens (including phenoxy) is 1. The first kappa shape index (κ1) is 11.7. The number of amides is 1. The van der Waals surface area contributed by atoms with Crippen LogP contribution in [0.15, 0.2) is 24.3 Å². The summed E-state index contributed by atoms with van der Waals surface area (Å²) in [7, 11) is 1.40. The molecule has 1 N–H and O–H groups in total. The quantitative estimate of drug-likeness (QED) is 0.635. The number of methoxy groups -OCH3 is 1. The number of hydrogen-bond acceptors (Lipinski definition) is 2. The molecule has 0 unspecified atom stereocenters. The molecule has 1 amide bonds. The van der Waals surface area contributed by atoms with E-state index >= 15 is 0 Å². The van der Waals surface area contributed by atoms with E-state index in [0.717, 1.165) is 12.8 Å². The fraction of sp³-hybridized carbons (Fsp3) is 0.417. The zero-order valence-corrected chi connectivity index (χ0v) is 11.2.